The number of nitrogens with one attached hydrogen (secondary N) is 1. The Hall–Kier alpha value is -2.79. The third kappa shape index (κ3) is 4.86. The predicted octanol–water partition coefficient (Wildman–Crippen LogP) is 3.10. The maximum atomic E-state index is 12.1. The molecule has 3 rings (SSSR count). The first-order valence-corrected chi connectivity index (χ1v) is 8.81. The summed E-state index contributed by atoms with van der Waals surface area (Å²) in [6, 6.07) is 15.6. The maximum Gasteiger partial charge on any atom is 0.248 e. The number of benzene rings is 2. The van der Waals surface area contributed by atoms with Crippen molar-refractivity contribution in [1.29, 1.82) is 0 Å². The van der Waals surface area contributed by atoms with Crippen LogP contribution in [0.2, 0.25) is 0 Å². The molecule has 2 aromatic carbocycles. The number of rotatable bonds is 5. The summed E-state index contributed by atoms with van der Waals surface area (Å²) in [4.78, 5) is 16.8. The van der Waals surface area contributed by atoms with Crippen LogP contribution in [0, 0.1) is 0 Å². The molecule has 0 atom stereocenters. The Kier molecular flexibility index (Phi) is 5.92. The summed E-state index contributed by atoms with van der Waals surface area (Å²) >= 11 is 0. The van der Waals surface area contributed by atoms with E-state index in [-0.39, 0.29) is 5.91 Å². The molecule has 1 aliphatic heterocycles. The summed E-state index contributed by atoms with van der Waals surface area (Å²) in [7, 11) is 3.78. The van der Waals surface area contributed by atoms with Crippen molar-refractivity contribution in [3.8, 4) is 5.75 Å². The van der Waals surface area contributed by atoms with E-state index in [1.165, 1.54) is 11.8 Å². The van der Waals surface area contributed by atoms with Gasteiger partial charge in [-0.1, -0.05) is 12.1 Å². The minimum absolute atomic E-state index is 0.145. The van der Waals surface area contributed by atoms with Gasteiger partial charge in [0.15, 0.2) is 0 Å². The van der Waals surface area contributed by atoms with Gasteiger partial charge in [-0.15, -0.1) is 0 Å². The Balaban J connectivity index is 1.54. The third-order valence-corrected chi connectivity index (χ3v) is 4.55. The van der Waals surface area contributed by atoms with E-state index < -0.39 is 0 Å². The zero-order valence-electron chi connectivity index (χ0n) is 15.3. The lowest BCUT2D eigenvalue weighted by Gasteiger charge is -2.34. The van der Waals surface area contributed by atoms with Gasteiger partial charge in [0, 0.05) is 43.6 Å². The summed E-state index contributed by atoms with van der Waals surface area (Å²) in [5.41, 5.74) is 2.95. The smallest absolute Gasteiger partial charge is 0.248 e. The molecular weight excluding hydrogens is 326 g/mol. The van der Waals surface area contributed by atoms with Crippen molar-refractivity contribution in [2.75, 3.05) is 50.6 Å². The molecule has 136 valence electrons. The first-order valence-electron chi connectivity index (χ1n) is 8.81. The van der Waals surface area contributed by atoms with Crippen LogP contribution in [0.1, 0.15) is 5.56 Å². The Bertz CT molecular complexity index is 746. The van der Waals surface area contributed by atoms with Gasteiger partial charge in [0.05, 0.1) is 7.11 Å². The molecule has 0 spiro atoms. The normalized spacial score (nSPS) is 15.2. The number of methoxy groups -OCH3 is 1. The molecule has 2 aromatic rings. The van der Waals surface area contributed by atoms with E-state index in [2.05, 4.69) is 34.3 Å². The molecule has 0 radical (unpaired) electrons. The van der Waals surface area contributed by atoms with Crippen molar-refractivity contribution in [3.05, 3.63) is 60.2 Å². The Morgan fingerprint density at radius 3 is 2.27 bits per heavy atom. The molecule has 0 aliphatic carbocycles. The van der Waals surface area contributed by atoms with Crippen molar-refractivity contribution in [1.82, 2.24) is 4.90 Å². The van der Waals surface area contributed by atoms with E-state index >= 15 is 0 Å². The second-order valence-electron chi connectivity index (χ2n) is 6.43. The van der Waals surface area contributed by atoms with Crippen LogP contribution in [0.5, 0.6) is 5.75 Å². The van der Waals surface area contributed by atoms with Gasteiger partial charge in [-0.05, 0) is 55.1 Å². The highest BCUT2D eigenvalue weighted by atomic mass is 16.5. The first kappa shape index (κ1) is 18.0. The minimum atomic E-state index is -0.145. The molecule has 1 aliphatic rings. The molecule has 0 aromatic heterocycles. The molecule has 5 nitrogen and oxygen atoms in total. The zero-order valence-corrected chi connectivity index (χ0v) is 15.3. The van der Waals surface area contributed by atoms with Crippen molar-refractivity contribution >= 4 is 23.4 Å². The number of piperazine rings is 1. The molecule has 1 heterocycles. The van der Waals surface area contributed by atoms with Crippen LogP contribution in [0.3, 0.4) is 0 Å². The largest absolute Gasteiger partial charge is 0.497 e. The minimum Gasteiger partial charge on any atom is -0.497 e. The van der Waals surface area contributed by atoms with Crippen LogP contribution in [0.15, 0.2) is 54.6 Å². The second kappa shape index (κ2) is 8.54. The lowest BCUT2D eigenvalue weighted by Crippen LogP contribution is -2.44. The number of hydrogen-bond donors (Lipinski definition) is 1. The molecule has 1 saturated heterocycles. The van der Waals surface area contributed by atoms with E-state index in [9.17, 15) is 4.79 Å². The van der Waals surface area contributed by atoms with Crippen LogP contribution in [0.4, 0.5) is 11.4 Å². The van der Waals surface area contributed by atoms with Crippen LogP contribution in [0.25, 0.3) is 6.08 Å². The molecule has 1 N–H and O–H groups in total. The molecule has 0 bridgehead atoms. The quantitative estimate of drug-likeness (QED) is 0.841. The lowest BCUT2D eigenvalue weighted by molar-refractivity contribution is -0.111. The first-order chi connectivity index (χ1) is 12.6. The van der Waals surface area contributed by atoms with E-state index in [4.69, 9.17) is 4.74 Å². The zero-order chi connectivity index (χ0) is 18.4. The van der Waals surface area contributed by atoms with Crippen molar-refractivity contribution < 1.29 is 9.53 Å². The van der Waals surface area contributed by atoms with Crippen LogP contribution in [-0.2, 0) is 4.79 Å². The van der Waals surface area contributed by atoms with Gasteiger partial charge in [-0.25, -0.2) is 0 Å². The Morgan fingerprint density at radius 2 is 1.65 bits per heavy atom. The van der Waals surface area contributed by atoms with Crippen LogP contribution < -0.4 is 15.0 Å². The third-order valence-electron chi connectivity index (χ3n) is 4.55. The predicted molar refractivity (Wildman–Crippen MR) is 107 cm³/mol. The molecule has 1 fully saturated rings. The van der Waals surface area contributed by atoms with Gasteiger partial charge in [-0.3, -0.25) is 4.79 Å². The number of carbonyl (C=O) groups is 1. The molecule has 1 amide bonds. The topological polar surface area (TPSA) is 44.8 Å². The monoisotopic (exact) mass is 351 g/mol. The van der Waals surface area contributed by atoms with E-state index in [1.54, 1.807) is 13.2 Å². The average Bonchev–Trinajstić information content (AvgIpc) is 2.68. The Labute approximate surface area is 154 Å². The lowest BCUT2D eigenvalue weighted by atomic mass is 10.2. The summed E-state index contributed by atoms with van der Waals surface area (Å²) in [6.07, 6.45) is 3.32. The number of carbonyl (C=O) groups excluding carboxylic acids is 1. The molecular formula is C21H25N3O2. The highest BCUT2D eigenvalue weighted by Crippen LogP contribution is 2.19. The molecule has 0 unspecified atom stereocenters. The molecule has 5 heteroatoms. The average molecular weight is 351 g/mol. The highest BCUT2D eigenvalue weighted by Gasteiger charge is 2.13. The number of anilines is 2. The highest BCUT2D eigenvalue weighted by molar-refractivity contribution is 6.02. The van der Waals surface area contributed by atoms with Gasteiger partial charge in [-0.2, -0.15) is 0 Å². The molecule has 26 heavy (non-hydrogen) atoms. The van der Waals surface area contributed by atoms with Crippen LogP contribution >= 0.6 is 0 Å². The maximum absolute atomic E-state index is 12.1. The van der Waals surface area contributed by atoms with E-state index in [1.807, 2.05) is 36.4 Å². The summed E-state index contributed by atoms with van der Waals surface area (Å²) in [5.74, 6) is 0.653. The van der Waals surface area contributed by atoms with Crippen molar-refractivity contribution in [2.45, 2.75) is 0 Å². The fourth-order valence-corrected chi connectivity index (χ4v) is 2.89. The summed E-state index contributed by atoms with van der Waals surface area (Å²) < 4.78 is 5.12. The van der Waals surface area contributed by atoms with Crippen LogP contribution in [-0.4, -0.2) is 51.1 Å². The second-order valence-corrected chi connectivity index (χ2v) is 6.43. The Morgan fingerprint density at radius 1 is 1.00 bits per heavy atom. The van der Waals surface area contributed by atoms with Crippen molar-refractivity contribution in [2.24, 2.45) is 0 Å². The number of hydrogen-bond acceptors (Lipinski definition) is 4. The number of ether oxygens (including phenoxy) is 1. The number of amides is 1. The van der Waals surface area contributed by atoms with E-state index in [0.29, 0.717) is 0 Å². The molecule has 0 saturated carbocycles. The van der Waals surface area contributed by atoms with Crippen molar-refractivity contribution in [3.63, 3.8) is 0 Å². The standard InChI is InChI=1S/C21H25N3O2/c1-23-13-15-24(16-14-23)19-8-6-18(7-9-19)22-21(25)12-5-17-3-10-20(26-2)11-4-17/h3-12H,13-16H2,1-2H3,(H,22,25)/b12-5+. The van der Waals surface area contributed by atoms with Gasteiger partial charge >= 0.3 is 0 Å². The number of nitrogens with zero attached hydrogens (tertiary/aromatic N) is 2. The fourth-order valence-electron chi connectivity index (χ4n) is 2.89. The van der Waals surface area contributed by atoms with Gasteiger partial charge in [0.2, 0.25) is 5.91 Å². The van der Waals surface area contributed by atoms with Gasteiger partial charge in [0.1, 0.15) is 5.75 Å². The number of likely N-dealkylation sites (N-methyl/N-ethyl adjacent to an activating group) is 1. The van der Waals surface area contributed by atoms with Gasteiger partial charge < -0.3 is 19.9 Å². The summed E-state index contributed by atoms with van der Waals surface area (Å²) in [6.45, 7) is 4.23. The fraction of sp³-hybridized carbons (Fsp3) is 0.286. The van der Waals surface area contributed by atoms with E-state index in [0.717, 1.165) is 43.2 Å². The van der Waals surface area contributed by atoms with Gasteiger partial charge in [0.25, 0.3) is 0 Å². The SMILES string of the molecule is COc1ccc(/C=C/C(=O)Nc2ccc(N3CCN(C)CC3)cc2)cc1. The summed E-state index contributed by atoms with van der Waals surface area (Å²) in [5, 5.41) is 2.89.